The van der Waals surface area contributed by atoms with Gasteiger partial charge in [0.15, 0.2) is 0 Å². The summed E-state index contributed by atoms with van der Waals surface area (Å²) in [5.74, 6) is 0.300. The Bertz CT molecular complexity index is 485. The van der Waals surface area contributed by atoms with Crippen molar-refractivity contribution in [2.75, 3.05) is 0 Å². The van der Waals surface area contributed by atoms with Crippen LogP contribution in [0, 0.1) is 0 Å². The van der Waals surface area contributed by atoms with E-state index in [1.807, 2.05) is 42.5 Å². The fourth-order valence-corrected chi connectivity index (χ4v) is 1.89. The van der Waals surface area contributed by atoms with Gasteiger partial charge in [-0.05, 0) is 17.2 Å². The molecule has 2 N–H and O–H groups in total. The number of para-hydroxylation sites is 1. The van der Waals surface area contributed by atoms with Gasteiger partial charge >= 0.3 is 0 Å². The molecule has 16 heavy (non-hydrogen) atoms. The van der Waals surface area contributed by atoms with Gasteiger partial charge in [0.05, 0.1) is 0 Å². The highest BCUT2D eigenvalue weighted by molar-refractivity contribution is 7.78. The lowest BCUT2D eigenvalue weighted by atomic mass is 9.99. The van der Waals surface area contributed by atoms with Gasteiger partial charge in [0.1, 0.15) is 5.75 Å². The van der Waals surface area contributed by atoms with Crippen molar-refractivity contribution in [2.45, 2.75) is 6.54 Å². The number of rotatable bonds is 3. The monoisotopic (exact) mass is 231 g/mol. The molecule has 0 fully saturated rings. The van der Waals surface area contributed by atoms with Crippen LogP contribution in [-0.4, -0.2) is 5.11 Å². The zero-order valence-corrected chi connectivity index (χ0v) is 9.61. The number of phenolic OH excluding ortho intramolecular Hbond substituents is 1. The van der Waals surface area contributed by atoms with Crippen LogP contribution in [0.25, 0.3) is 11.1 Å². The summed E-state index contributed by atoms with van der Waals surface area (Å²) in [5, 5.41) is 9.82. The largest absolute Gasteiger partial charge is 0.507 e. The van der Waals surface area contributed by atoms with E-state index in [9.17, 15) is 5.11 Å². The molecule has 2 nitrogen and oxygen atoms in total. The van der Waals surface area contributed by atoms with Crippen LogP contribution in [0.4, 0.5) is 0 Å². The summed E-state index contributed by atoms with van der Waals surface area (Å²) >= 11 is 4.01. The average Bonchev–Trinajstić information content (AvgIpc) is 2.31. The lowest BCUT2D eigenvalue weighted by molar-refractivity contribution is 0.477. The minimum atomic E-state index is 0.300. The molecule has 0 aliphatic rings. The Balaban J connectivity index is 2.51. The van der Waals surface area contributed by atoms with Gasteiger partial charge in [-0.25, -0.2) is 0 Å². The minimum absolute atomic E-state index is 0.300. The van der Waals surface area contributed by atoms with Gasteiger partial charge in [-0.3, -0.25) is 4.72 Å². The third-order valence-corrected chi connectivity index (χ3v) is 2.64. The molecular weight excluding hydrogens is 218 g/mol. The Kier molecular flexibility index (Phi) is 3.49. The van der Waals surface area contributed by atoms with Gasteiger partial charge < -0.3 is 5.11 Å². The first kappa shape index (κ1) is 11.0. The van der Waals surface area contributed by atoms with Crippen LogP contribution < -0.4 is 4.72 Å². The highest BCUT2D eigenvalue weighted by atomic mass is 32.1. The number of thiol groups is 1. The zero-order valence-electron chi connectivity index (χ0n) is 8.72. The summed E-state index contributed by atoms with van der Waals surface area (Å²) < 4.78 is 2.83. The maximum absolute atomic E-state index is 9.82. The van der Waals surface area contributed by atoms with E-state index in [2.05, 4.69) is 17.5 Å². The maximum Gasteiger partial charge on any atom is 0.123 e. The second kappa shape index (κ2) is 5.05. The normalized spacial score (nSPS) is 10.3. The quantitative estimate of drug-likeness (QED) is 0.710. The summed E-state index contributed by atoms with van der Waals surface area (Å²) in [6.07, 6.45) is 0. The lowest BCUT2D eigenvalue weighted by Crippen LogP contribution is -2.00. The van der Waals surface area contributed by atoms with Crippen molar-refractivity contribution in [3.05, 3.63) is 54.1 Å². The molecule has 0 bridgehead atoms. The first-order valence-corrected chi connectivity index (χ1v) is 5.51. The standard InChI is InChI=1S/C13H13NOS/c15-13-8-4-3-7-12(13)11-6-2-1-5-10(11)9-14-16/h1-8,14-16H,9H2. The van der Waals surface area contributed by atoms with Gasteiger partial charge in [-0.15, -0.1) is 0 Å². The number of aromatic hydroxyl groups is 1. The van der Waals surface area contributed by atoms with Crippen molar-refractivity contribution in [2.24, 2.45) is 0 Å². The van der Waals surface area contributed by atoms with E-state index < -0.39 is 0 Å². The van der Waals surface area contributed by atoms with Crippen molar-refractivity contribution in [1.82, 2.24) is 4.72 Å². The Morgan fingerprint density at radius 1 is 0.938 bits per heavy atom. The SMILES string of the molecule is Oc1ccccc1-c1ccccc1CNS. The number of benzene rings is 2. The summed E-state index contributed by atoms with van der Waals surface area (Å²) in [4.78, 5) is 0. The first-order chi connectivity index (χ1) is 7.83. The Labute approximate surface area is 100 Å². The van der Waals surface area contributed by atoms with Gasteiger partial charge in [0.25, 0.3) is 0 Å². The molecule has 2 rings (SSSR count). The number of phenols is 1. The number of hydrogen-bond donors (Lipinski definition) is 3. The number of hydrogen-bond acceptors (Lipinski definition) is 3. The Morgan fingerprint density at radius 3 is 2.25 bits per heavy atom. The molecule has 82 valence electrons. The van der Waals surface area contributed by atoms with Gasteiger partial charge in [-0.1, -0.05) is 55.3 Å². The van der Waals surface area contributed by atoms with E-state index in [1.165, 1.54) is 0 Å². The fourth-order valence-electron chi connectivity index (χ4n) is 1.72. The zero-order chi connectivity index (χ0) is 11.4. The van der Waals surface area contributed by atoms with Crippen LogP contribution in [0.1, 0.15) is 5.56 Å². The Hall–Kier alpha value is -1.45. The average molecular weight is 231 g/mol. The predicted octanol–water partition coefficient (Wildman–Crippen LogP) is 2.99. The van der Waals surface area contributed by atoms with Crippen molar-refractivity contribution in [1.29, 1.82) is 0 Å². The molecular formula is C13H13NOS. The maximum atomic E-state index is 9.82. The van der Waals surface area contributed by atoms with Crippen LogP contribution in [0.5, 0.6) is 5.75 Å². The van der Waals surface area contributed by atoms with E-state index in [1.54, 1.807) is 6.07 Å². The molecule has 2 aromatic rings. The molecule has 0 radical (unpaired) electrons. The highest BCUT2D eigenvalue weighted by Gasteiger charge is 2.07. The molecule has 0 aromatic heterocycles. The summed E-state index contributed by atoms with van der Waals surface area (Å²) in [7, 11) is 0. The molecule has 0 amide bonds. The topological polar surface area (TPSA) is 32.3 Å². The van der Waals surface area contributed by atoms with Crippen LogP contribution in [0.15, 0.2) is 48.5 Å². The molecule has 0 atom stereocenters. The van der Waals surface area contributed by atoms with E-state index in [4.69, 9.17) is 0 Å². The third-order valence-electron chi connectivity index (χ3n) is 2.48. The highest BCUT2D eigenvalue weighted by Crippen LogP contribution is 2.31. The smallest absolute Gasteiger partial charge is 0.123 e. The fraction of sp³-hybridized carbons (Fsp3) is 0.0769. The Morgan fingerprint density at radius 2 is 1.56 bits per heavy atom. The van der Waals surface area contributed by atoms with Gasteiger partial charge in [-0.2, -0.15) is 0 Å². The van der Waals surface area contributed by atoms with Crippen molar-refractivity contribution in [3.63, 3.8) is 0 Å². The van der Waals surface area contributed by atoms with Crippen LogP contribution in [0.2, 0.25) is 0 Å². The molecule has 0 aliphatic heterocycles. The second-order valence-electron chi connectivity index (χ2n) is 3.51. The van der Waals surface area contributed by atoms with Gasteiger partial charge in [0, 0.05) is 12.1 Å². The van der Waals surface area contributed by atoms with Crippen LogP contribution in [0.3, 0.4) is 0 Å². The number of nitrogens with one attached hydrogen (secondary N) is 1. The van der Waals surface area contributed by atoms with Crippen LogP contribution >= 0.6 is 12.8 Å². The first-order valence-electron chi connectivity index (χ1n) is 5.06. The molecule has 2 aromatic carbocycles. The summed E-state index contributed by atoms with van der Waals surface area (Å²) in [6.45, 7) is 0.660. The van der Waals surface area contributed by atoms with Crippen molar-refractivity contribution < 1.29 is 5.11 Å². The molecule has 0 heterocycles. The molecule has 0 saturated heterocycles. The van der Waals surface area contributed by atoms with E-state index in [0.29, 0.717) is 12.3 Å². The molecule has 0 unspecified atom stereocenters. The van der Waals surface area contributed by atoms with Crippen LogP contribution in [-0.2, 0) is 6.54 Å². The summed E-state index contributed by atoms with van der Waals surface area (Å²) in [5.41, 5.74) is 2.99. The summed E-state index contributed by atoms with van der Waals surface area (Å²) in [6, 6.07) is 15.3. The predicted molar refractivity (Wildman–Crippen MR) is 69.4 cm³/mol. The van der Waals surface area contributed by atoms with E-state index in [-0.39, 0.29) is 0 Å². The van der Waals surface area contributed by atoms with E-state index >= 15 is 0 Å². The molecule has 0 saturated carbocycles. The minimum Gasteiger partial charge on any atom is -0.507 e. The second-order valence-corrected chi connectivity index (χ2v) is 3.83. The van der Waals surface area contributed by atoms with Gasteiger partial charge in [0.2, 0.25) is 0 Å². The molecule has 0 spiro atoms. The van der Waals surface area contributed by atoms with Crippen molar-refractivity contribution >= 4 is 12.8 Å². The lowest BCUT2D eigenvalue weighted by Gasteiger charge is -2.10. The molecule has 3 heteroatoms. The van der Waals surface area contributed by atoms with Crippen molar-refractivity contribution in [3.8, 4) is 16.9 Å². The third kappa shape index (κ3) is 2.21. The van der Waals surface area contributed by atoms with E-state index in [0.717, 1.165) is 16.7 Å². The molecule has 0 aliphatic carbocycles.